The zero-order valence-electron chi connectivity index (χ0n) is 8.04. The molecule has 1 aromatic rings. The Hall–Kier alpha value is -1.22. The SMILES string of the molecule is COC(=O)c1ccc(CCl)cc1OC. The molecule has 0 aromatic heterocycles. The summed E-state index contributed by atoms with van der Waals surface area (Å²) in [7, 11) is 2.83. The monoisotopic (exact) mass is 214 g/mol. The molecule has 4 heteroatoms. The maximum atomic E-state index is 11.3. The van der Waals surface area contributed by atoms with E-state index in [4.69, 9.17) is 16.3 Å². The predicted molar refractivity (Wildman–Crippen MR) is 53.9 cm³/mol. The first kappa shape index (κ1) is 10.9. The topological polar surface area (TPSA) is 35.5 Å². The van der Waals surface area contributed by atoms with Crippen LogP contribution in [0.4, 0.5) is 0 Å². The number of carbonyl (C=O) groups excluding carboxylic acids is 1. The number of rotatable bonds is 3. The molecule has 0 amide bonds. The fourth-order valence-electron chi connectivity index (χ4n) is 1.10. The smallest absolute Gasteiger partial charge is 0.341 e. The number of carbonyl (C=O) groups is 1. The number of alkyl halides is 1. The van der Waals surface area contributed by atoms with Crippen molar-refractivity contribution in [2.24, 2.45) is 0 Å². The van der Waals surface area contributed by atoms with E-state index in [-0.39, 0.29) is 0 Å². The Labute approximate surface area is 87.6 Å². The van der Waals surface area contributed by atoms with Gasteiger partial charge in [0.15, 0.2) is 0 Å². The number of ether oxygens (including phenoxy) is 2. The lowest BCUT2D eigenvalue weighted by Crippen LogP contribution is -2.04. The third-order valence-corrected chi connectivity index (χ3v) is 2.13. The lowest BCUT2D eigenvalue weighted by Gasteiger charge is -2.07. The molecule has 0 saturated carbocycles. The Balaban J connectivity index is 3.11. The number of benzene rings is 1. The van der Waals surface area contributed by atoms with Crippen LogP contribution < -0.4 is 4.74 Å². The van der Waals surface area contributed by atoms with Gasteiger partial charge in [0.25, 0.3) is 0 Å². The van der Waals surface area contributed by atoms with E-state index in [1.807, 2.05) is 0 Å². The first-order valence-corrected chi connectivity index (χ1v) is 4.57. The van der Waals surface area contributed by atoms with Gasteiger partial charge in [0.1, 0.15) is 11.3 Å². The van der Waals surface area contributed by atoms with Gasteiger partial charge in [0.2, 0.25) is 0 Å². The number of halogens is 1. The van der Waals surface area contributed by atoms with Crippen molar-refractivity contribution in [1.82, 2.24) is 0 Å². The maximum Gasteiger partial charge on any atom is 0.341 e. The van der Waals surface area contributed by atoms with Gasteiger partial charge >= 0.3 is 5.97 Å². The molecule has 0 spiro atoms. The van der Waals surface area contributed by atoms with E-state index in [0.29, 0.717) is 17.2 Å². The van der Waals surface area contributed by atoms with Crippen molar-refractivity contribution in [3.8, 4) is 5.75 Å². The Morgan fingerprint density at radius 3 is 2.64 bits per heavy atom. The molecule has 0 atom stereocenters. The summed E-state index contributed by atoms with van der Waals surface area (Å²) in [6.07, 6.45) is 0. The first-order valence-electron chi connectivity index (χ1n) is 4.04. The average molecular weight is 215 g/mol. The molecule has 0 bridgehead atoms. The predicted octanol–water partition coefficient (Wildman–Crippen LogP) is 2.22. The normalized spacial score (nSPS) is 9.64. The van der Waals surface area contributed by atoms with Crippen molar-refractivity contribution >= 4 is 17.6 Å². The summed E-state index contributed by atoms with van der Waals surface area (Å²) < 4.78 is 9.65. The summed E-state index contributed by atoms with van der Waals surface area (Å²) in [5.74, 6) is 0.454. The number of esters is 1. The van der Waals surface area contributed by atoms with Crippen LogP contribution in [0.3, 0.4) is 0 Å². The molecule has 0 unspecified atom stereocenters. The molecule has 76 valence electrons. The molecule has 0 radical (unpaired) electrons. The summed E-state index contributed by atoms with van der Waals surface area (Å²) >= 11 is 5.65. The van der Waals surface area contributed by atoms with Crippen molar-refractivity contribution in [3.63, 3.8) is 0 Å². The fraction of sp³-hybridized carbons (Fsp3) is 0.300. The maximum absolute atomic E-state index is 11.3. The fourth-order valence-corrected chi connectivity index (χ4v) is 1.26. The molecule has 0 aliphatic heterocycles. The molecule has 0 N–H and O–H groups in total. The van der Waals surface area contributed by atoms with E-state index in [9.17, 15) is 4.79 Å². The van der Waals surface area contributed by atoms with E-state index in [0.717, 1.165) is 5.56 Å². The molecule has 14 heavy (non-hydrogen) atoms. The van der Waals surface area contributed by atoms with Gasteiger partial charge in [0, 0.05) is 5.88 Å². The van der Waals surface area contributed by atoms with Crippen LogP contribution in [-0.4, -0.2) is 20.2 Å². The van der Waals surface area contributed by atoms with Gasteiger partial charge in [-0.25, -0.2) is 4.79 Å². The van der Waals surface area contributed by atoms with Crippen molar-refractivity contribution in [2.75, 3.05) is 14.2 Å². The molecular formula is C10H11ClO3. The highest BCUT2D eigenvalue weighted by Crippen LogP contribution is 2.21. The summed E-state index contributed by atoms with van der Waals surface area (Å²) in [5, 5.41) is 0. The van der Waals surface area contributed by atoms with Crippen molar-refractivity contribution in [3.05, 3.63) is 29.3 Å². The van der Waals surface area contributed by atoms with Crippen LogP contribution in [0.1, 0.15) is 15.9 Å². The first-order chi connectivity index (χ1) is 6.72. The van der Waals surface area contributed by atoms with E-state index in [1.54, 1.807) is 18.2 Å². The van der Waals surface area contributed by atoms with E-state index in [2.05, 4.69) is 4.74 Å². The third kappa shape index (κ3) is 2.17. The van der Waals surface area contributed by atoms with Gasteiger partial charge in [0.05, 0.1) is 14.2 Å². The Morgan fingerprint density at radius 1 is 1.43 bits per heavy atom. The summed E-state index contributed by atoms with van der Waals surface area (Å²) in [5.41, 5.74) is 1.31. The largest absolute Gasteiger partial charge is 0.496 e. The second-order valence-electron chi connectivity index (χ2n) is 2.66. The van der Waals surface area contributed by atoms with Gasteiger partial charge in [-0.15, -0.1) is 11.6 Å². The molecule has 0 saturated heterocycles. The zero-order chi connectivity index (χ0) is 10.6. The molecule has 1 rings (SSSR count). The zero-order valence-corrected chi connectivity index (χ0v) is 8.80. The van der Waals surface area contributed by atoms with Crippen LogP contribution in [0.15, 0.2) is 18.2 Å². The highest BCUT2D eigenvalue weighted by Gasteiger charge is 2.12. The number of methoxy groups -OCH3 is 2. The minimum Gasteiger partial charge on any atom is -0.496 e. The van der Waals surface area contributed by atoms with Gasteiger partial charge in [-0.1, -0.05) is 6.07 Å². The number of hydrogen-bond donors (Lipinski definition) is 0. The standard InChI is InChI=1S/C10H11ClO3/c1-13-9-5-7(6-11)3-4-8(9)10(12)14-2/h3-5H,6H2,1-2H3. The summed E-state index contributed by atoms with van der Waals surface area (Å²) in [4.78, 5) is 11.3. The lowest BCUT2D eigenvalue weighted by molar-refractivity contribution is 0.0597. The van der Waals surface area contributed by atoms with Crippen LogP contribution in [-0.2, 0) is 10.6 Å². The van der Waals surface area contributed by atoms with Gasteiger partial charge in [-0.3, -0.25) is 0 Å². The highest BCUT2D eigenvalue weighted by molar-refractivity contribution is 6.17. The quantitative estimate of drug-likeness (QED) is 0.572. The second kappa shape index (κ2) is 4.86. The Kier molecular flexibility index (Phi) is 3.77. The lowest BCUT2D eigenvalue weighted by atomic mass is 10.1. The summed E-state index contributed by atoms with van der Waals surface area (Å²) in [6.45, 7) is 0. The molecule has 1 aromatic carbocycles. The minimum atomic E-state index is -0.414. The van der Waals surface area contributed by atoms with Crippen molar-refractivity contribution < 1.29 is 14.3 Å². The van der Waals surface area contributed by atoms with Crippen LogP contribution in [0.25, 0.3) is 0 Å². The molecule has 0 aliphatic carbocycles. The molecular weight excluding hydrogens is 204 g/mol. The van der Waals surface area contributed by atoms with Crippen LogP contribution in [0.2, 0.25) is 0 Å². The van der Waals surface area contributed by atoms with Gasteiger partial charge in [-0.05, 0) is 17.7 Å². The van der Waals surface area contributed by atoms with Crippen LogP contribution in [0.5, 0.6) is 5.75 Å². The van der Waals surface area contributed by atoms with Crippen molar-refractivity contribution in [1.29, 1.82) is 0 Å². The van der Waals surface area contributed by atoms with Gasteiger partial charge in [-0.2, -0.15) is 0 Å². The van der Waals surface area contributed by atoms with Crippen LogP contribution in [0, 0.1) is 0 Å². The van der Waals surface area contributed by atoms with E-state index >= 15 is 0 Å². The third-order valence-electron chi connectivity index (χ3n) is 1.83. The average Bonchev–Trinajstić information content (AvgIpc) is 2.27. The van der Waals surface area contributed by atoms with E-state index in [1.165, 1.54) is 14.2 Å². The Bertz CT molecular complexity index is 336. The highest BCUT2D eigenvalue weighted by atomic mass is 35.5. The van der Waals surface area contributed by atoms with Gasteiger partial charge < -0.3 is 9.47 Å². The Morgan fingerprint density at radius 2 is 2.14 bits per heavy atom. The number of hydrogen-bond acceptors (Lipinski definition) is 3. The second-order valence-corrected chi connectivity index (χ2v) is 2.93. The molecule has 0 fully saturated rings. The summed E-state index contributed by atoms with van der Waals surface area (Å²) in [6, 6.07) is 5.13. The van der Waals surface area contributed by atoms with E-state index < -0.39 is 5.97 Å². The molecule has 3 nitrogen and oxygen atoms in total. The minimum absolute atomic E-state index is 0.387. The van der Waals surface area contributed by atoms with Crippen molar-refractivity contribution in [2.45, 2.75) is 5.88 Å². The van der Waals surface area contributed by atoms with Crippen LogP contribution >= 0.6 is 11.6 Å². The molecule has 0 heterocycles. The molecule has 0 aliphatic rings.